The molecule has 2 aliphatic heterocycles. The van der Waals surface area contributed by atoms with E-state index in [-0.39, 0.29) is 12.0 Å². The lowest BCUT2D eigenvalue weighted by atomic mass is 10.2. The Morgan fingerprint density at radius 2 is 1.50 bits per heavy atom. The lowest BCUT2D eigenvalue weighted by Crippen LogP contribution is -2.49. The van der Waals surface area contributed by atoms with Crippen LogP contribution in [0.5, 0.6) is 0 Å². The van der Waals surface area contributed by atoms with Crippen molar-refractivity contribution in [2.45, 2.75) is 39.0 Å². The molecule has 6 heteroatoms. The number of carbonyl (C=O) groups is 2. The molecule has 2 aliphatic rings. The van der Waals surface area contributed by atoms with Crippen LogP contribution in [-0.2, 0) is 9.53 Å². The third kappa shape index (κ3) is 5.16. The number of piperazine rings is 1. The predicted octanol–water partition coefficient (Wildman–Crippen LogP) is 1.55. The van der Waals surface area contributed by atoms with Crippen LogP contribution in [0.3, 0.4) is 0 Å². The molecule has 0 radical (unpaired) electrons. The van der Waals surface area contributed by atoms with E-state index in [0.29, 0.717) is 26.1 Å². The number of carbonyl (C=O) groups excluding carboxylic acids is 2. The smallest absolute Gasteiger partial charge is 0.409 e. The minimum absolute atomic E-state index is 0.220. The summed E-state index contributed by atoms with van der Waals surface area (Å²) in [5, 5.41) is 0. The molecule has 0 unspecified atom stereocenters. The largest absolute Gasteiger partial charge is 0.450 e. The molecule has 126 valence electrons. The molecule has 2 rings (SSSR count). The van der Waals surface area contributed by atoms with Gasteiger partial charge in [-0.2, -0.15) is 0 Å². The number of ether oxygens (including phenoxy) is 1. The number of hydrogen-bond acceptors (Lipinski definition) is 4. The van der Waals surface area contributed by atoms with Gasteiger partial charge in [-0.05, 0) is 19.8 Å². The molecule has 0 atom stereocenters. The molecule has 22 heavy (non-hydrogen) atoms. The van der Waals surface area contributed by atoms with E-state index in [1.165, 1.54) is 12.8 Å². The van der Waals surface area contributed by atoms with E-state index in [0.717, 1.165) is 45.6 Å². The van der Waals surface area contributed by atoms with Gasteiger partial charge in [-0.3, -0.25) is 9.69 Å². The van der Waals surface area contributed by atoms with E-state index < -0.39 is 0 Å². The molecule has 0 bridgehead atoms. The zero-order chi connectivity index (χ0) is 15.8. The van der Waals surface area contributed by atoms with Crippen LogP contribution in [0.1, 0.15) is 39.0 Å². The van der Waals surface area contributed by atoms with Crippen molar-refractivity contribution in [3.63, 3.8) is 0 Å². The summed E-state index contributed by atoms with van der Waals surface area (Å²) in [5.41, 5.74) is 0. The highest BCUT2D eigenvalue weighted by atomic mass is 16.6. The third-order valence-electron chi connectivity index (χ3n) is 4.50. The fraction of sp³-hybridized carbons (Fsp3) is 0.875. The summed E-state index contributed by atoms with van der Waals surface area (Å²) in [7, 11) is 0. The van der Waals surface area contributed by atoms with E-state index in [9.17, 15) is 9.59 Å². The third-order valence-corrected chi connectivity index (χ3v) is 4.50. The minimum atomic E-state index is -0.220. The van der Waals surface area contributed by atoms with Crippen molar-refractivity contribution in [1.82, 2.24) is 14.7 Å². The van der Waals surface area contributed by atoms with Crippen LogP contribution < -0.4 is 0 Å². The van der Waals surface area contributed by atoms with E-state index in [2.05, 4.69) is 4.90 Å². The van der Waals surface area contributed by atoms with Gasteiger partial charge in [0, 0.05) is 52.2 Å². The minimum Gasteiger partial charge on any atom is -0.450 e. The molecular formula is C16H29N3O3. The van der Waals surface area contributed by atoms with Gasteiger partial charge in [0.2, 0.25) is 5.91 Å². The van der Waals surface area contributed by atoms with Gasteiger partial charge in [0.05, 0.1) is 6.61 Å². The van der Waals surface area contributed by atoms with Gasteiger partial charge in [-0.15, -0.1) is 0 Å². The van der Waals surface area contributed by atoms with Gasteiger partial charge in [-0.25, -0.2) is 4.79 Å². The van der Waals surface area contributed by atoms with Crippen molar-refractivity contribution in [2.75, 3.05) is 52.4 Å². The summed E-state index contributed by atoms with van der Waals surface area (Å²) in [4.78, 5) is 29.9. The van der Waals surface area contributed by atoms with Gasteiger partial charge in [-0.1, -0.05) is 12.8 Å². The second-order valence-electron chi connectivity index (χ2n) is 6.07. The molecule has 0 aromatic rings. The Morgan fingerprint density at radius 3 is 2.09 bits per heavy atom. The Bertz CT molecular complexity index is 360. The van der Waals surface area contributed by atoms with Crippen molar-refractivity contribution in [2.24, 2.45) is 0 Å². The summed E-state index contributed by atoms with van der Waals surface area (Å²) in [6, 6.07) is 0. The monoisotopic (exact) mass is 311 g/mol. The van der Waals surface area contributed by atoms with E-state index in [1.807, 2.05) is 11.8 Å². The molecular weight excluding hydrogens is 282 g/mol. The van der Waals surface area contributed by atoms with Crippen LogP contribution in [-0.4, -0.2) is 79.1 Å². The Balaban J connectivity index is 1.65. The summed E-state index contributed by atoms with van der Waals surface area (Å²) in [5.74, 6) is 0.287. The Kier molecular flexibility index (Phi) is 6.96. The molecule has 0 N–H and O–H groups in total. The molecule has 2 amide bonds. The van der Waals surface area contributed by atoms with Crippen molar-refractivity contribution in [1.29, 1.82) is 0 Å². The Hall–Kier alpha value is -1.30. The highest BCUT2D eigenvalue weighted by molar-refractivity contribution is 5.76. The van der Waals surface area contributed by atoms with Crippen LogP contribution in [0.25, 0.3) is 0 Å². The zero-order valence-electron chi connectivity index (χ0n) is 13.8. The fourth-order valence-corrected chi connectivity index (χ4v) is 3.10. The van der Waals surface area contributed by atoms with Crippen LogP contribution in [0.4, 0.5) is 4.79 Å². The van der Waals surface area contributed by atoms with E-state index in [1.54, 1.807) is 4.90 Å². The number of hydrogen-bond donors (Lipinski definition) is 0. The molecule has 0 spiro atoms. The molecule has 0 aromatic heterocycles. The summed E-state index contributed by atoms with van der Waals surface area (Å²) >= 11 is 0. The lowest BCUT2D eigenvalue weighted by Gasteiger charge is -2.34. The quantitative estimate of drug-likeness (QED) is 0.790. The SMILES string of the molecule is CCOC(=O)N1CCN(CCC(=O)N2CCCCCC2)CC1. The first-order chi connectivity index (χ1) is 10.7. The first kappa shape index (κ1) is 17.1. The summed E-state index contributed by atoms with van der Waals surface area (Å²) in [6.45, 7) is 7.93. The molecule has 0 aromatic carbocycles. The van der Waals surface area contributed by atoms with Gasteiger partial charge in [0.15, 0.2) is 0 Å². The van der Waals surface area contributed by atoms with Crippen molar-refractivity contribution >= 4 is 12.0 Å². The average molecular weight is 311 g/mol. The standard InChI is InChI=1S/C16H29N3O3/c1-2-22-16(21)19-13-11-17(12-14-19)10-7-15(20)18-8-5-3-4-6-9-18/h2-14H2,1H3. The normalized spacial score (nSPS) is 20.6. The number of rotatable bonds is 4. The van der Waals surface area contributed by atoms with Gasteiger partial charge >= 0.3 is 6.09 Å². The first-order valence-electron chi connectivity index (χ1n) is 8.62. The highest BCUT2D eigenvalue weighted by Gasteiger charge is 2.23. The molecule has 0 saturated carbocycles. The number of likely N-dealkylation sites (tertiary alicyclic amines) is 1. The van der Waals surface area contributed by atoms with E-state index in [4.69, 9.17) is 4.74 Å². The van der Waals surface area contributed by atoms with E-state index >= 15 is 0 Å². The number of amides is 2. The number of nitrogens with zero attached hydrogens (tertiary/aromatic N) is 3. The lowest BCUT2D eigenvalue weighted by molar-refractivity contribution is -0.131. The second-order valence-corrected chi connectivity index (χ2v) is 6.07. The van der Waals surface area contributed by atoms with Gasteiger partial charge < -0.3 is 14.5 Å². The zero-order valence-corrected chi connectivity index (χ0v) is 13.8. The predicted molar refractivity (Wildman–Crippen MR) is 84.7 cm³/mol. The molecule has 2 saturated heterocycles. The Labute approximate surface area is 133 Å². The fourth-order valence-electron chi connectivity index (χ4n) is 3.10. The molecule has 2 heterocycles. The van der Waals surface area contributed by atoms with Crippen LogP contribution in [0, 0.1) is 0 Å². The van der Waals surface area contributed by atoms with Crippen LogP contribution in [0.15, 0.2) is 0 Å². The Morgan fingerprint density at radius 1 is 0.864 bits per heavy atom. The average Bonchev–Trinajstić information content (AvgIpc) is 2.82. The van der Waals surface area contributed by atoms with Crippen molar-refractivity contribution in [3.05, 3.63) is 0 Å². The molecule has 6 nitrogen and oxygen atoms in total. The topological polar surface area (TPSA) is 53.1 Å². The second kappa shape index (κ2) is 8.98. The maximum absolute atomic E-state index is 12.3. The maximum Gasteiger partial charge on any atom is 0.409 e. The van der Waals surface area contributed by atoms with Gasteiger partial charge in [0.1, 0.15) is 0 Å². The maximum atomic E-state index is 12.3. The van der Waals surface area contributed by atoms with Crippen LogP contribution in [0.2, 0.25) is 0 Å². The van der Waals surface area contributed by atoms with Crippen molar-refractivity contribution in [3.8, 4) is 0 Å². The highest BCUT2D eigenvalue weighted by Crippen LogP contribution is 2.11. The van der Waals surface area contributed by atoms with Gasteiger partial charge in [0.25, 0.3) is 0 Å². The van der Waals surface area contributed by atoms with Crippen LogP contribution >= 0.6 is 0 Å². The summed E-state index contributed by atoms with van der Waals surface area (Å²) < 4.78 is 5.01. The molecule has 2 fully saturated rings. The van der Waals surface area contributed by atoms with Crippen molar-refractivity contribution < 1.29 is 14.3 Å². The summed E-state index contributed by atoms with van der Waals surface area (Å²) in [6.07, 6.45) is 5.16. The first-order valence-corrected chi connectivity index (χ1v) is 8.62. The molecule has 0 aliphatic carbocycles.